The summed E-state index contributed by atoms with van der Waals surface area (Å²) < 4.78 is 25.3. The van der Waals surface area contributed by atoms with E-state index in [0.717, 1.165) is 11.8 Å². The van der Waals surface area contributed by atoms with E-state index >= 15 is 0 Å². The van der Waals surface area contributed by atoms with Crippen LogP contribution in [0.2, 0.25) is 0 Å². The smallest absolute Gasteiger partial charge is 0.242 e. The van der Waals surface area contributed by atoms with Crippen LogP contribution in [0.3, 0.4) is 0 Å². The molecule has 0 bridgehead atoms. The Bertz CT molecular complexity index is 855. The Morgan fingerprint density at radius 3 is 2.32 bits per heavy atom. The fraction of sp³-hybridized carbons (Fsp3) is 0.235. The molecular weight excluding hydrogens is 340 g/mol. The second kappa shape index (κ2) is 7.22. The molecule has 132 valence electrons. The zero-order valence-corrected chi connectivity index (χ0v) is 14.5. The third-order valence-corrected chi connectivity index (χ3v) is 4.49. The largest absolute Gasteiger partial charge is 0.323 e. The lowest BCUT2D eigenvalue weighted by Gasteiger charge is -2.14. The first kappa shape index (κ1) is 17.4. The minimum absolute atomic E-state index is 0.0429. The lowest BCUT2D eigenvalue weighted by atomic mass is 10.0. The molecule has 7 nitrogen and oxygen atoms in total. The normalized spacial score (nSPS) is 20.2. The van der Waals surface area contributed by atoms with Gasteiger partial charge in [-0.3, -0.25) is 9.52 Å². The predicted octanol–water partition coefficient (Wildman–Crippen LogP) is 1.60. The third-order valence-electron chi connectivity index (χ3n) is 3.90. The number of hydrogen-bond acceptors (Lipinski definition) is 5. The van der Waals surface area contributed by atoms with E-state index in [2.05, 4.69) is 20.9 Å². The summed E-state index contributed by atoms with van der Waals surface area (Å²) in [6, 6.07) is 16.2. The van der Waals surface area contributed by atoms with Crippen molar-refractivity contribution in [3.63, 3.8) is 0 Å². The van der Waals surface area contributed by atoms with E-state index in [1.165, 1.54) is 0 Å². The molecule has 0 spiro atoms. The van der Waals surface area contributed by atoms with Crippen LogP contribution in [0, 0.1) is 0 Å². The van der Waals surface area contributed by atoms with E-state index in [1.54, 1.807) is 24.3 Å². The van der Waals surface area contributed by atoms with Gasteiger partial charge < -0.3 is 5.32 Å². The van der Waals surface area contributed by atoms with Gasteiger partial charge in [-0.05, 0) is 24.1 Å². The van der Waals surface area contributed by atoms with E-state index in [0.29, 0.717) is 17.8 Å². The molecular formula is C17H20N4O3S. The monoisotopic (exact) mass is 360 g/mol. The predicted molar refractivity (Wildman–Crippen MR) is 97.4 cm³/mol. The summed E-state index contributed by atoms with van der Waals surface area (Å²) in [7, 11) is -3.43. The molecule has 4 N–H and O–H groups in total. The van der Waals surface area contributed by atoms with Crippen LogP contribution in [-0.2, 0) is 14.8 Å². The number of sulfonamides is 1. The molecule has 1 heterocycles. The molecule has 3 rings (SSSR count). The molecule has 25 heavy (non-hydrogen) atoms. The van der Waals surface area contributed by atoms with E-state index < -0.39 is 16.1 Å². The van der Waals surface area contributed by atoms with Crippen molar-refractivity contribution in [1.82, 2.24) is 10.9 Å². The van der Waals surface area contributed by atoms with Crippen LogP contribution in [-0.4, -0.2) is 26.6 Å². The Morgan fingerprint density at radius 1 is 1.00 bits per heavy atom. The van der Waals surface area contributed by atoms with Crippen molar-refractivity contribution in [3.05, 3.63) is 60.2 Å². The number of para-hydroxylation sites is 2. The van der Waals surface area contributed by atoms with E-state index in [1.807, 2.05) is 30.3 Å². The Kier molecular flexibility index (Phi) is 5.03. The molecule has 1 aliphatic heterocycles. The van der Waals surface area contributed by atoms with Gasteiger partial charge in [-0.25, -0.2) is 19.3 Å². The molecule has 2 aromatic carbocycles. The van der Waals surface area contributed by atoms with E-state index in [4.69, 9.17) is 0 Å². The lowest BCUT2D eigenvalue weighted by Crippen LogP contribution is -2.39. The summed E-state index contributed by atoms with van der Waals surface area (Å²) in [6.07, 6.45) is 1.66. The summed E-state index contributed by atoms with van der Waals surface area (Å²) in [5.41, 5.74) is 7.97. The second-order valence-corrected chi connectivity index (χ2v) is 7.70. The number of hydrazine groups is 1. The third kappa shape index (κ3) is 4.56. The van der Waals surface area contributed by atoms with Gasteiger partial charge in [0.2, 0.25) is 15.9 Å². The number of carbonyl (C=O) groups excluding carboxylic acids is 1. The molecule has 8 heteroatoms. The van der Waals surface area contributed by atoms with Crippen molar-refractivity contribution in [2.24, 2.45) is 0 Å². The number of carbonyl (C=O) groups is 1. The molecule has 2 unspecified atom stereocenters. The topological polar surface area (TPSA) is 99.3 Å². The molecule has 0 radical (unpaired) electrons. The number of amides is 1. The van der Waals surface area contributed by atoms with Crippen LogP contribution in [0.4, 0.5) is 11.4 Å². The van der Waals surface area contributed by atoms with Gasteiger partial charge in [0.15, 0.2) is 0 Å². The molecule has 0 saturated carbocycles. The van der Waals surface area contributed by atoms with E-state index in [-0.39, 0.29) is 11.9 Å². The summed E-state index contributed by atoms with van der Waals surface area (Å²) in [5, 5.41) is 2.78. The van der Waals surface area contributed by atoms with Gasteiger partial charge in [0.25, 0.3) is 0 Å². The highest BCUT2D eigenvalue weighted by atomic mass is 32.2. The Hall–Kier alpha value is -2.42. The Morgan fingerprint density at radius 2 is 1.64 bits per heavy atom. The van der Waals surface area contributed by atoms with E-state index in [9.17, 15) is 13.2 Å². The van der Waals surface area contributed by atoms with Gasteiger partial charge in [-0.2, -0.15) is 0 Å². The minimum atomic E-state index is -3.43. The number of nitrogens with one attached hydrogen (secondary N) is 4. The molecule has 0 aromatic heterocycles. The fourth-order valence-corrected chi connectivity index (χ4v) is 3.31. The van der Waals surface area contributed by atoms with Crippen molar-refractivity contribution in [2.45, 2.75) is 18.5 Å². The quantitative estimate of drug-likeness (QED) is 0.649. The second-order valence-electron chi connectivity index (χ2n) is 5.95. The fourth-order valence-electron chi connectivity index (χ4n) is 2.73. The molecule has 1 saturated heterocycles. The van der Waals surface area contributed by atoms with Crippen molar-refractivity contribution in [3.8, 4) is 0 Å². The standard InChI is InChI=1S/C17H20N4O3S/c1-25(23,24)21-14-10-6-5-9-13(14)18-17(22)16-11-15(19-20-16)12-7-3-2-4-8-12/h2-10,15-16,19-21H,11H2,1H3,(H,18,22). The molecule has 1 amide bonds. The zero-order chi connectivity index (χ0) is 17.9. The SMILES string of the molecule is CS(=O)(=O)Nc1ccccc1NC(=O)C1CC(c2ccccc2)NN1. The van der Waals surface area contributed by atoms with Crippen LogP contribution >= 0.6 is 0 Å². The van der Waals surface area contributed by atoms with Crippen molar-refractivity contribution >= 4 is 27.3 Å². The van der Waals surface area contributed by atoms with Gasteiger partial charge in [0, 0.05) is 6.04 Å². The highest BCUT2D eigenvalue weighted by molar-refractivity contribution is 7.92. The first-order valence-corrected chi connectivity index (χ1v) is 9.75. The Labute approximate surface area is 146 Å². The molecule has 1 fully saturated rings. The Balaban J connectivity index is 1.68. The van der Waals surface area contributed by atoms with Gasteiger partial charge in [0.05, 0.1) is 17.6 Å². The molecule has 0 aliphatic carbocycles. The van der Waals surface area contributed by atoms with Gasteiger partial charge in [-0.1, -0.05) is 42.5 Å². The number of rotatable bonds is 5. The van der Waals surface area contributed by atoms with Crippen LogP contribution < -0.4 is 20.9 Å². The van der Waals surface area contributed by atoms with Crippen LogP contribution in [0.15, 0.2) is 54.6 Å². The first-order chi connectivity index (χ1) is 11.9. The minimum Gasteiger partial charge on any atom is -0.323 e. The lowest BCUT2D eigenvalue weighted by molar-refractivity contribution is -0.117. The summed E-state index contributed by atoms with van der Waals surface area (Å²) in [6.45, 7) is 0. The maximum atomic E-state index is 12.5. The van der Waals surface area contributed by atoms with Gasteiger partial charge in [0.1, 0.15) is 6.04 Å². The highest BCUT2D eigenvalue weighted by Gasteiger charge is 2.30. The maximum Gasteiger partial charge on any atom is 0.242 e. The number of hydrogen-bond donors (Lipinski definition) is 4. The van der Waals surface area contributed by atoms with Crippen molar-refractivity contribution in [2.75, 3.05) is 16.3 Å². The summed E-state index contributed by atoms with van der Waals surface area (Å²) in [5.74, 6) is -0.228. The average Bonchev–Trinajstić information content (AvgIpc) is 3.06. The van der Waals surface area contributed by atoms with Crippen LogP contribution in [0.5, 0.6) is 0 Å². The van der Waals surface area contributed by atoms with Crippen molar-refractivity contribution < 1.29 is 13.2 Å². The summed E-state index contributed by atoms with van der Waals surface area (Å²) >= 11 is 0. The van der Waals surface area contributed by atoms with Crippen molar-refractivity contribution in [1.29, 1.82) is 0 Å². The number of benzene rings is 2. The number of anilines is 2. The first-order valence-electron chi connectivity index (χ1n) is 7.86. The van der Waals surface area contributed by atoms with Crippen LogP contribution in [0.1, 0.15) is 18.0 Å². The molecule has 1 aliphatic rings. The highest BCUT2D eigenvalue weighted by Crippen LogP contribution is 2.25. The summed E-state index contributed by atoms with van der Waals surface area (Å²) in [4.78, 5) is 12.5. The maximum absolute atomic E-state index is 12.5. The van der Waals surface area contributed by atoms with Gasteiger partial charge in [-0.15, -0.1) is 0 Å². The molecule has 2 atom stereocenters. The van der Waals surface area contributed by atoms with Crippen LogP contribution in [0.25, 0.3) is 0 Å². The van der Waals surface area contributed by atoms with Gasteiger partial charge >= 0.3 is 0 Å². The zero-order valence-electron chi connectivity index (χ0n) is 13.7. The molecule has 2 aromatic rings. The average molecular weight is 360 g/mol.